The number of hydrogen-bond donors (Lipinski definition) is 0. The molecule has 9 heteroatoms. The largest absolute Gasteiger partial charge is 0.486 e. The molecule has 4 rings (SSSR count). The van der Waals surface area contributed by atoms with Crippen molar-refractivity contribution in [3.63, 3.8) is 0 Å². The Labute approximate surface area is 191 Å². The van der Waals surface area contributed by atoms with Gasteiger partial charge in [-0.3, -0.25) is 4.79 Å². The maximum absolute atomic E-state index is 13.1. The van der Waals surface area contributed by atoms with Crippen LogP contribution in [0.2, 0.25) is 0 Å². The third-order valence-electron chi connectivity index (χ3n) is 5.58. The van der Waals surface area contributed by atoms with E-state index in [2.05, 4.69) is 16.8 Å². The van der Waals surface area contributed by atoms with Crippen LogP contribution in [-0.4, -0.2) is 57.2 Å². The minimum Gasteiger partial charge on any atom is -0.486 e. The summed E-state index contributed by atoms with van der Waals surface area (Å²) in [4.78, 5) is 18.9. The summed E-state index contributed by atoms with van der Waals surface area (Å²) in [7, 11) is 2.09. The zero-order valence-electron chi connectivity index (χ0n) is 17.6. The molecule has 0 unspecified atom stereocenters. The number of hydrogen-bond acceptors (Lipinski definition) is 4. The van der Waals surface area contributed by atoms with Crippen molar-refractivity contribution >= 4 is 35.8 Å². The Morgan fingerprint density at radius 1 is 0.969 bits per heavy atom. The summed E-state index contributed by atoms with van der Waals surface area (Å²) in [5, 5.41) is 0. The first-order valence-electron chi connectivity index (χ1n) is 10.2. The van der Waals surface area contributed by atoms with E-state index in [9.17, 15) is 18.0 Å². The molecule has 2 aliphatic heterocycles. The Morgan fingerprint density at radius 2 is 1.69 bits per heavy atom. The molecule has 1 amide bonds. The van der Waals surface area contributed by atoms with Crippen LogP contribution < -0.4 is 9.80 Å². The van der Waals surface area contributed by atoms with Gasteiger partial charge < -0.3 is 19.4 Å². The molecule has 0 aliphatic carbocycles. The third-order valence-corrected chi connectivity index (χ3v) is 5.58. The Hall–Kier alpha value is -2.71. The normalized spacial score (nSPS) is 19.0. The van der Waals surface area contributed by atoms with Crippen LogP contribution in [0.4, 0.5) is 24.5 Å². The van der Waals surface area contributed by atoms with Crippen LogP contribution >= 0.6 is 12.4 Å². The number of piperazine rings is 1. The average Bonchev–Trinajstić information content (AvgIpc) is 2.76. The lowest BCUT2D eigenvalue weighted by molar-refractivity contribution is -0.137. The van der Waals surface area contributed by atoms with E-state index in [0.717, 1.165) is 49.6 Å². The lowest BCUT2D eigenvalue weighted by atomic mass is 10.1. The van der Waals surface area contributed by atoms with E-state index in [1.54, 1.807) is 6.08 Å². The van der Waals surface area contributed by atoms with Crippen molar-refractivity contribution in [1.82, 2.24) is 4.90 Å². The SMILES string of the molecule is CN1CCN(c2ccccc2/C=C2\OCCN(c3cccc(C(F)(F)F)c3)C2=O)CC1.Cl. The molecule has 2 heterocycles. The molecule has 2 aromatic rings. The maximum atomic E-state index is 13.1. The van der Waals surface area contributed by atoms with Gasteiger partial charge >= 0.3 is 6.18 Å². The fraction of sp³-hybridized carbons (Fsp3) is 0.348. The van der Waals surface area contributed by atoms with Gasteiger partial charge in [0.2, 0.25) is 0 Å². The number of benzene rings is 2. The number of ether oxygens (including phenoxy) is 1. The van der Waals surface area contributed by atoms with Gasteiger partial charge in [0, 0.05) is 43.1 Å². The topological polar surface area (TPSA) is 36.0 Å². The lowest BCUT2D eigenvalue weighted by Gasteiger charge is -2.35. The summed E-state index contributed by atoms with van der Waals surface area (Å²) in [6, 6.07) is 12.6. The number of amides is 1. The molecule has 2 aliphatic rings. The van der Waals surface area contributed by atoms with Gasteiger partial charge in [0.1, 0.15) is 6.61 Å². The van der Waals surface area contributed by atoms with Gasteiger partial charge in [0.05, 0.1) is 12.1 Å². The summed E-state index contributed by atoms with van der Waals surface area (Å²) in [5.74, 6) is -0.316. The predicted octanol–water partition coefficient (Wildman–Crippen LogP) is 4.28. The minimum atomic E-state index is -4.47. The number of para-hydroxylation sites is 1. The fourth-order valence-corrected chi connectivity index (χ4v) is 3.83. The van der Waals surface area contributed by atoms with E-state index in [0.29, 0.717) is 0 Å². The number of anilines is 2. The Balaban J connectivity index is 0.00000289. The van der Waals surface area contributed by atoms with Crippen molar-refractivity contribution in [1.29, 1.82) is 0 Å². The van der Waals surface area contributed by atoms with Crippen LogP contribution in [0.1, 0.15) is 11.1 Å². The highest BCUT2D eigenvalue weighted by atomic mass is 35.5. The molecule has 2 fully saturated rings. The maximum Gasteiger partial charge on any atom is 0.416 e. The van der Waals surface area contributed by atoms with Crippen LogP contribution in [0.25, 0.3) is 6.08 Å². The fourth-order valence-electron chi connectivity index (χ4n) is 3.83. The van der Waals surface area contributed by atoms with Crippen molar-refractivity contribution in [3.05, 3.63) is 65.4 Å². The summed E-state index contributed by atoms with van der Waals surface area (Å²) < 4.78 is 44.9. The molecule has 0 saturated carbocycles. The quantitative estimate of drug-likeness (QED) is 0.631. The Kier molecular flexibility index (Phi) is 7.36. The predicted molar refractivity (Wildman–Crippen MR) is 121 cm³/mol. The first-order valence-corrected chi connectivity index (χ1v) is 10.2. The number of likely N-dealkylation sites (N-methyl/N-ethyl adjacent to an activating group) is 1. The van der Waals surface area contributed by atoms with Crippen LogP contribution in [0.5, 0.6) is 0 Å². The van der Waals surface area contributed by atoms with Gasteiger partial charge in [0.15, 0.2) is 5.76 Å². The second-order valence-electron chi connectivity index (χ2n) is 7.71. The van der Waals surface area contributed by atoms with Crippen LogP contribution in [0, 0.1) is 0 Å². The zero-order valence-corrected chi connectivity index (χ0v) is 18.5. The molecule has 2 saturated heterocycles. The number of carbonyl (C=O) groups excluding carboxylic acids is 1. The highest BCUT2D eigenvalue weighted by Crippen LogP contribution is 2.33. The summed E-state index contributed by atoms with van der Waals surface area (Å²) >= 11 is 0. The highest BCUT2D eigenvalue weighted by Gasteiger charge is 2.32. The number of alkyl halides is 3. The molecule has 0 atom stereocenters. The summed E-state index contributed by atoms with van der Waals surface area (Å²) in [6.45, 7) is 4.05. The molecule has 0 spiro atoms. The standard InChI is InChI=1S/C23H24F3N3O2.ClH/c1-27-9-11-28(12-10-27)20-8-3-2-5-17(20)15-21-22(30)29(13-14-31-21)19-7-4-6-18(16-19)23(24,25)26;/h2-8,15-16H,9-14H2,1H3;1H/b21-15-;. The van der Waals surface area contributed by atoms with Gasteiger partial charge in [-0.15, -0.1) is 12.4 Å². The smallest absolute Gasteiger partial charge is 0.416 e. The van der Waals surface area contributed by atoms with E-state index in [1.165, 1.54) is 17.0 Å². The molecule has 0 radical (unpaired) electrons. The molecule has 172 valence electrons. The molecular weight excluding hydrogens is 443 g/mol. The molecule has 2 aromatic carbocycles. The first-order chi connectivity index (χ1) is 14.8. The summed E-state index contributed by atoms with van der Waals surface area (Å²) in [5.41, 5.74) is 1.29. The Morgan fingerprint density at radius 3 is 2.41 bits per heavy atom. The van der Waals surface area contributed by atoms with Crippen LogP contribution in [0.3, 0.4) is 0 Å². The molecule has 5 nitrogen and oxygen atoms in total. The van der Waals surface area contributed by atoms with Gasteiger partial charge in [-0.1, -0.05) is 24.3 Å². The number of morpholine rings is 1. The second kappa shape index (κ2) is 9.83. The minimum absolute atomic E-state index is 0. The van der Waals surface area contributed by atoms with Crippen molar-refractivity contribution in [2.45, 2.75) is 6.18 Å². The van der Waals surface area contributed by atoms with E-state index in [4.69, 9.17) is 4.74 Å². The average molecular weight is 468 g/mol. The van der Waals surface area contributed by atoms with Crippen molar-refractivity contribution < 1.29 is 22.7 Å². The van der Waals surface area contributed by atoms with E-state index < -0.39 is 17.6 Å². The highest BCUT2D eigenvalue weighted by molar-refractivity contribution is 6.07. The van der Waals surface area contributed by atoms with Gasteiger partial charge in [-0.2, -0.15) is 13.2 Å². The molecule has 0 aromatic heterocycles. The third kappa shape index (κ3) is 5.19. The monoisotopic (exact) mass is 467 g/mol. The van der Waals surface area contributed by atoms with Gasteiger partial charge in [0.25, 0.3) is 5.91 Å². The number of rotatable bonds is 3. The van der Waals surface area contributed by atoms with Crippen molar-refractivity contribution in [3.8, 4) is 0 Å². The second-order valence-corrected chi connectivity index (χ2v) is 7.71. The number of carbonyl (C=O) groups is 1. The number of nitrogens with zero attached hydrogens (tertiary/aromatic N) is 3. The van der Waals surface area contributed by atoms with E-state index in [1.807, 2.05) is 24.3 Å². The summed E-state index contributed by atoms with van der Waals surface area (Å²) in [6.07, 6.45) is -2.78. The van der Waals surface area contributed by atoms with Crippen molar-refractivity contribution in [2.75, 3.05) is 56.2 Å². The molecule has 32 heavy (non-hydrogen) atoms. The molecular formula is C23H25ClF3N3O2. The Bertz CT molecular complexity index is 988. The van der Waals surface area contributed by atoms with Crippen molar-refractivity contribution in [2.24, 2.45) is 0 Å². The van der Waals surface area contributed by atoms with E-state index >= 15 is 0 Å². The van der Waals surface area contributed by atoms with Gasteiger partial charge in [-0.25, -0.2) is 0 Å². The molecule has 0 bridgehead atoms. The lowest BCUT2D eigenvalue weighted by Crippen LogP contribution is -2.44. The van der Waals surface area contributed by atoms with Crippen LogP contribution in [0.15, 0.2) is 54.3 Å². The number of halogens is 4. The zero-order chi connectivity index (χ0) is 22.0. The van der Waals surface area contributed by atoms with E-state index in [-0.39, 0.29) is 37.0 Å². The van der Waals surface area contributed by atoms with Crippen LogP contribution in [-0.2, 0) is 15.7 Å². The molecule has 0 N–H and O–H groups in total. The first kappa shape index (κ1) is 23.9. The van der Waals surface area contributed by atoms with Gasteiger partial charge in [-0.05, 0) is 37.4 Å².